The number of benzene rings is 1. The molecule has 0 aliphatic rings. The van der Waals surface area contributed by atoms with Gasteiger partial charge in [-0.05, 0) is 25.2 Å². The zero-order valence-corrected chi connectivity index (χ0v) is 8.98. The third-order valence-electron chi connectivity index (χ3n) is 1.86. The molecule has 0 aliphatic heterocycles. The Morgan fingerprint density at radius 2 is 2.00 bits per heavy atom. The fourth-order valence-electron chi connectivity index (χ4n) is 1.17. The molecule has 1 N–H and O–H groups in total. The van der Waals surface area contributed by atoms with Crippen molar-refractivity contribution in [2.75, 3.05) is 7.05 Å². The molecule has 5 heteroatoms. The summed E-state index contributed by atoms with van der Waals surface area (Å²) in [4.78, 5) is 0. The lowest BCUT2D eigenvalue weighted by molar-refractivity contribution is 0.100. The molecule has 1 aromatic carbocycles. The van der Waals surface area contributed by atoms with E-state index in [2.05, 4.69) is 21.2 Å². The molecule has 1 atom stereocenters. The van der Waals surface area contributed by atoms with E-state index in [4.69, 9.17) is 0 Å². The summed E-state index contributed by atoms with van der Waals surface area (Å²) in [5, 5.41) is 2.38. The highest BCUT2D eigenvalue weighted by Crippen LogP contribution is 2.25. The first-order valence-corrected chi connectivity index (χ1v) is 4.76. The molecule has 0 bridgehead atoms. The van der Waals surface area contributed by atoms with Crippen LogP contribution in [-0.2, 0) is 0 Å². The Morgan fingerprint density at radius 1 is 1.36 bits per heavy atom. The Hall–Kier alpha value is -0.550. The summed E-state index contributed by atoms with van der Waals surface area (Å²) < 4.78 is 38.7. The molecule has 0 radical (unpaired) electrons. The maximum absolute atomic E-state index is 13.2. The van der Waals surface area contributed by atoms with Crippen LogP contribution in [0.25, 0.3) is 0 Å². The summed E-state index contributed by atoms with van der Waals surface area (Å²) in [6, 6.07) is 2.71. The van der Waals surface area contributed by atoms with Crippen molar-refractivity contribution in [1.82, 2.24) is 5.32 Å². The van der Waals surface area contributed by atoms with Gasteiger partial charge in [0.1, 0.15) is 5.82 Å². The normalized spacial score (nSPS) is 13.3. The molecule has 0 aliphatic carbocycles. The second-order valence-corrected chi connectivity index (χ2v) is 3.68. The van der Waals surface area contributed by atoms with Gasteiger partial charge in [-0.3, -0.25) is 0 Å². The van der Waals surface area contributed by atoms with E-state index in [1.54, 1.807) is 0 Å². The molecular weight excluding hydrogens is 259 g/mol. The standard InChI is InChI=1S/C9H9BrF3N/c1-14-8(9(12)13)6-4-5(10)2-3-7(6)11/h2-4,8-9,14H,1H3. The average Bonchev–Trinajstić information content (AvgIpc) is 2.11. The van der Waals surface area contributed by atoms with E-state index in [9.17, 15) is 13.2 Å². The van der Waals surface area contributed by atoms with Gasteiger partial charge in [-0.15, -0.1) is 0 Å². The second-order valence-electron chi connectivity index (χ2n) is 2.77. The van der Waals surface area contributed by atoms with Crippen LogP contribution in [0.5, 0.6) is 0 Å². The van der Waals surface area contributed by atoms with Gasteiger partial charge >= 0.3 is 0 Å². The number of nitrogens with one attached hydrogen (secondary N) is 1. The van der Waals surface area contributed by atoms with Crippen molar-refractivity contribution in [2.24, 2.45) is 0 Å². The van der Waals surface area contributed by atoms with Crippen molar-refractivity contribution >= 4 is 15.9 Å². The van der Waals surface area contributed by atoms with E-state index < -0.39 is 18.3 Å². The molecule has 78 valence electrons. The maximum atomic E-state index is 13.2. The van der Waals surface area contributed by atoms with Crippen molar-refractivity contribution in [3.8, 4) is 0 Å². The first-order chi connectivity index (χ1) is 6.56. The molecule has 14 heavy (non-hydrogen) atoms. The second kappa shape index (κ2) is 4.79. The van der Waals surface area contributed by atoms with Crippen LogP contribution in [0.3, 0.4) is 0 Å². The topological polar surface area (TPSA) is 12.0 Å². The van der Waals surface area contributed by atoms with Crippen LogP contribution < -0.4 is 5.32 Å². The molecule has 1 unspecified atom stereocenters. The van der Waals surface area contributed by atoms with Crippen molar-refractivity contribution in [1.29, 1.82) is 0 Å². The Bertz CT molecular complexity index is 317. The highest BCUT2D eigenvalue weighted by Gasteiger charge is 2.23. The first kappa shape index (κ1) is 11.5. The third kappa shape index (κ3) is 2.48. The Balaban J connectivity index is 3.08. The number of hydrogen-bond acceptors (Lipinski definition) is 1. The van der Waals surface area contributed by atoms with Crippen molar-refractivity contribution < 1.29 is 13.2 Å². The molecular formula is C9H9BrF3N. The molecule has 0 aromatic heterocycles. The molecule has 1 nitrogen and oxygen atoms in total. The zero-order valence-electron chi connectivity index (χ0n) is 7.40. The fourth-order valence-corrected chi connectivity index (χ4v) is 1.55. The number of halogens is 4. The lowest BCUT2D eigenvalue weighted by atomic mass is 10.1. The summed E-state index contributed by atoms with van der Waals surface area (Å²) in [6.07, 6.45) is -2.64. The summed E-state index contributed by atoms with van der Waals surface area (Å²) >= 11 is 3.10. The molecule has 0 saturated heterocycles. The summed E-state index contributed by atoms with van der Waals surface area (Å²) in [5.74, 6) is -0.632. The van der Waals surface area contributed by atoms with Crippen LogP contribution in [0, 0.1) is 5.82 Å². The van der Waals surface area contributed by atoms with E-state index in [1.165, 1.54) is 19.2 Å². The van der Waals surface area contributed by atoms with Crippen LogP contribution in [0.2, 0.25) is 0 Å². The minimum atomic E-state index is -2.64. The number of rotatable bonds is 3. The van der Waals surface area contributed by atoms with Crippen LogP contribution >= 0.6 is 15.9 Å². The number of hydrogen-bond donors (Lipinski definition) is 1. The molecule has 1 aromatic rings. The molecule has 1 rings (SSSR count). The monoisotopic (exact) mass is 267 g/mol. The van der Waals surface area contributed by atoms with Crippen LogP contribution in [0.4, 0.5) is 13.2 Å². The zero-order chi connectivity index (χ0) is 10.7. The Morgan fingerprint density at radius 3 is 2.50 bits per heavy atom. The highest BCUT2D eigenvalue weighted by molar-refractivity contribution is 9.10. The van der Waals surface area contributed by atoms with Crippen LogP contribution in [0.1, 0.15) is 11.6 Å². The quantitative estimate of drug-likeness (QED) is 0.888. The Labute approximate surface area is 88.4 Å². The van der Waals surface area contributed by atoms with Gasteiger partial charge in [-0.2, -0.15) is 0 Å². The van der Waals surface area contributed by atoms with Gasteiger partial charge in [0.15, 0.2) is 0 Å². The van der Waals surface area contributed by atoms with E-state index in [-0.39, 0.29) is 5.56 Å². The average molecular weight is 268 g/mol. The van der Waals surface area contributed by atoms with Crippen molar-refractivity contribution in [3.63, 3.8) is 0 Å². The predicted octanol–water partition coefficient (Wildman–Crippen LogP) is 3.11. The number of alkyl halides is 2. The molecule has 0 amide bonds. The van der Waals surface area contributed by atoms with Gasteiger partial charge in [0.2, 0.25) is 0 Å². The van der Waals surface area contributed by atoms with Gasteiger partial charge in [0.05, 0.1) is 6.04 Å². The summed E-state index contributed by atoms with van der Waals surface area (Å²) in [7, 11) is 1.37. The van der Waals surface area contributed by atoms with Crippen LogP contribution in [0.15, 0.2) is 22.7 Å². The maximum Gasteiger partial charge on any atom is 0.257 e. The highest BCUT2D eigenvalue weighted by atomic mass is 79.9. The van der Waals surface area contributed by atoms with E-state index >= 15 is 0 Å². The predicted molar refractivity (Wildman–Crippen MR) is 51.9 cm³/mol. The molecule has 0 saturated carbocycles. The molecule has 0 fully saturated rings. The van der Waals surface area contributed by atoms with Gasteiger partial charge in [0.25, 0.3) is 6.43 Å². The van der Waals surface area contributed by atoms with E-state index in [0.29, 0.717) is 4.47 Å². The minimum absolute atomic E-state index is 0.0307. The van der Waals surface area contributed by atoms with Gasteiger partial charge in [-0.25, -0.2) is 13.2 Å². The third-order valence-corrected chi connectivity index (χ3v) is 2.35. The largest absolute Gasteiger partial charge is 0.308 e. The van der Waals surface area contributed by atoms with Gasteiger partial charge in [-0.1, -0.05) is 15.9 Å². The van der Waals surface area contributed by atoms with E-state index in [0.717, 1.165) is 6.07 Å². The van der Waals surface area contributed by atoms with Gasteiger partial charge in [0, 0.05) is 10.0 Å². The Kier molecular flexibility index (Phi) is 3.95. The lowest BCUT2D eigenvalue weighted by Crippen LogP contribution is -2.24. The SMILES string of the molecule is CNC(c1cc(Br)ccc1F)C(F)F. The van der Waals surface area contributed by atoms with Crippen molar-refractivity contribution in [3.05, 3.63) is 34.1 Å². The van der Waals surface area contributed by atoms with Crippen molar-refractivity contribution in [2.45, 2.75) is 12.5 Å². The van der Waals surface area contributed by atoms with Gasteiger partial charge < -0.3 is 5.32 Å². The minimum Gasteiger partial charge on any atom is -0.308 e. The van der Waals surface area contributed by atoms with Crippen LogP contribution in [-0.4, -0.2) is 13.5 Å². The fraction of sp³-hybridized carbons (Fsp3) is 0.333. The first-order valence-electron chi connectivity index (χ1n) is 3.96. The smallest absolute Gasteiger partial charge is 0.257 e. The van der Waals surface area contributed by atoms with E-state index in [1.807, 2.05) is 0 Å². The summed E-state index contributed by atoms with van der Waals surface area (Å²) in [5.41, 5.74) is -0.0307. The molecule has 0 spiro atoms. The molecule has 0 heterocycles. The lowest BCUT2D eigenvalue weighted by Gasteiger charge is -2.16. The summed E-state index contributed by atoms with van der Waals surface area (Å²) in [6.45, 7) is 0.